The third-order valence-corrected chi connectivity index (χ3v) is 3.59. The lowest BCUT2D eigenvalue weighted by Gasteiger charge is -2.15. The monoisotopic (exact) mass is 230 g/mol. The van der Waals surface area contributed by atoms with Crippen molar-refractivity contribution in [3.63, 3.8) is 0 Å². The summed E-state index contributed by atoms with van der Waals surface area (Å²) in [5.41, 5.74) is 1.10. The van der Waals surface area contributed by atoms with Crippen LogP contribution in [0.15, 0.2) is 18.2 Å². The van der Waals surface area contributed by atoms with E-state index in [9.17, 15) is 5.11 Å². The van der Waals surface area contributed by atoms with Gasteiger partial charge in [0.1, 0.15) is 0 Å². The molecule has 0 saturated heterocycles. The molecule has 2 unspecified atom stereocenters. The number of aliphatic hydroxyl groups excluding tert-OH is 1. The highest BCUT2D eigenvalue weighted by atomic mass is 35.5. The number of hydrogen-bond donors (Lipinski definition) is 1. The van der Waals surface area contributed by atoms with Crippen LogP contribution in [0.2, 0.25) is 10.0 Å². The van der Waals surface area contributed by atoms with Crippen LogP contribution in [-0.2, 0) is 0 Å². The van der Waals surface area contributed by atoms with E-state index in [0.29, 0.717) is 10.0 Å². The van der Waals surface area contributed by atoms with E-state index in [2.05, 4.69) is 0 Å². The Morgan fingerprint density at radius 2 is 1.93 bits per heavy atom. The van der Waals surface area contributed by atoms with Crippen LogP contribution < -0.4 is 0 Å². The van der Waals surface area contributed by atoms with Gasteiger partial charge in [-0.05, 0) is 30.5 Å². The molecule has 14 heavy (non-hydrogen) atoms. The summed E-state index contributed by atoms with van der Waals surface area (Å²) in [6, 6.07) is 5.61. The Kier molecular flexibility index (Phi) is 3.01. The summed E-state index contributed by atoms with van der Waals surface area (Å²) < 4.78 is 0. The molecule has 0 radical (unpaired) electrons. The first-order chi connectivity index (χ1) is 6.68. The normalized spacial score (nSPS) is 26.8. The quantitative estimate of drug-likeness (QED) is 0.782. The van der Waals surface area contributed by atoms with Crippen LogP contribution in [-0.4, -0.2) is 11.2 Å². The van der Waals surface area contributed by atoms with Gasteiger partial charge in [-0.15, -0.1) is 0 Å². The van der Waals surface area contributed by atoms with Gasteiger partial charge in [0.25, 0.3) is 0 Å². The van der Waals surface area contributed by atoms with E-state index >= 15 is 0 Å². The fourth-order valence-electron chi connectivity index (χ4n) is 2.07. The fraction of sp³-hybridized carbons (Fsp3) is 0.455. The van der Waals surface area contributed by atoms with Crippen molar-refractivity contribution in [2.24, 2.45) is 0 Å². The van der Waals surface area contributed by atoms with E-state index in [1.165, 1.54) is 0 Å². The molecule has 2 atom stereocenters. The molecule has 76 valence electrons. The third-order valence-electron chi connectivity index (χ3n) is 2.85. The summed E-state index contributed by atoms with van der Waals surface area (Å²) in [6.45, 7) is 0. The van der Waals surface area contributed by atoms with Crippen LogP contribution in [0.25, 0.3) is 0 Å². The summed E-state index contributed by atoms with van der Waals surface area (Å²) in [6.07, 6.45) is 2.81. The molecule has 1 aromatic rings. The van der Waals surface area contributed by atoms with Gasteiger partial charge in [0, 0.05) is 5.92 Å². The van der Waals surface area contributed by atoms with E-state index in [-0.39, 0.29) is 12.0 Å². The Morgan fingerprint density at radius 3 is 2.50 bits per heavy atom. The van der Waals surface area contributed by atoms with Crippen molar-refractivity contribution in [1.29, 1.82) is 0 Å². The molecular formula is C11H12Cl2O. The highest BCUT2D eigenvalue weighted by molar-refractivity contribution is 6.42. The number of aliphatic hydroxyl groups is 1. The molecule has 0 bridgehead atoms. The first-order valence-electron chi connectivity index (χ1n) is 4.81. The van der Waals surface area contributed by atoms with Crippen LogP contribution in [0, 0.1) is 0 Å². The van der Waals surface area contributed by atoms with Crippen molar-refractivity contribution in [1.82, 2.24) is 0 Å². The number of hydrogen-bond acceptors (Lipinski definition) is 1. The number of halogens is 2. The van der Waals surface area contributed by atoms with Gasteiger partial charge >= 0.3 is 0 Å². The van der Waals surface area contributed by atoms with Crippen molar-refractivity contribution >= 4 is 23.2 Å². The minimum Gasteiger partial charge on any atom is -0.392 e. The zero-order valence-electron chi connectivity index (χ0n) is 7.71. The van der Waals surface area contributed by atoms with Crippen molar-refractivity contribution in [3.8, 4) is 0 Å². The minimum absolute atomic E-state index is 0.216. The molecule has 2 rings (SSSR count). The molecule has 0 heterocycles. The lowest BCUT2D eigenvalue weighted by atomic mass is 9.96. The van der Waals surface area contributed by atoms with Crippen LogP contribution in [0.5, 0.6) is 0 Å². The van der Waals surface area contributed by atoms with Gasteiger partial charge in [-0.3, -0.25) is 0 Å². The molecule has 1 aliphatic carbocycles. The van der Waals surface area contributed by atoms with Gasteiger partial charge in [0.2, 0.25) is 0 Å². The second-order valence-corrected chi connectivity index (χ2v) is 4.59. The molecule has 0 aromatic heterocycles. The van der Waals surface area contributed by atoms with E-state index < -0.39 is 0 Å². The second kappa shape index (κ2) is 4.09. The molecule has 0 aliphatic heterocycles. The molecule has 0 amide bonds. The van der Waals surface area contributed by atoms with Crippen LogP contribution >= 0.6 is 23.2 Å². The molecule has 1 aromatic carbocycles. The van der Waals surface area contributed by atoms with Crippen LogP contribution in [0.4, 0.5) is 0 Å². The summed E-state index contributed by atoms with van der Waals surface area (Å²) >= 11 is 11.8. The minimum atomic E-state index is -0.216. The first-order valence-corrected chi connectivity index (χ1v) is 5.57. The van der Waals surface area contributed by atoms with E-state index in [1.54, 1.807) is 6.07 Å². The first kappa shape index (κ1) is 10.3. The average Bonchev–Trinajstić information content (AvgIpc) is 2.57. The lowest BCUT2D eigenvalue weighted by molar-refractivity contribution is 0.164. The number of rotatable bonds is 1. The maximum Gasteiger partial charge on any atom is 0.0608 e. The molecule has 1 saturated carbocycles. The van der Waals surface area contributed by atoms with Gasteiger partial charge in [-0.1, -0.05) is 35.7 Å². The van der Waals surface area contributed by atoms with E-state index in [1.807, 2.05) is 12.1 Å². The molecule has 0 spiro atoms. The Bertz CT molecular complexity index is 338. The van der Waals surface area contributed by atoms with Crippen molar-refractivity contribution < 1.29 is 5.11 Å². The standard InChI is InChI=1S/C11H12Cl2O/c12-9-5-4-7(6-10(9)13)8-2-1-3-11(8)14/h4-6,8,11,14H,1-3H2. The van der Waals surface area contributed by atoms with Crippen molar-refractivity contribution in [2.45, 2.75) is 31.3 Å². The summed E-state index contributed by atoms with van der Waals surface area (Å²) in [5, 5.41) is 10.9. The molecule has 1 N–H and O–H groups in total. The fourth-order valence-corrected chi connectivity index (χ4v) is 2.38. The molecular weight excluding hydrogens is 219 g/mol. The van der Waals surface area contributed by atoms with Crippen molar-refractivity contribution in [3.05, 3.63) is 33.8 Å². The summed E-state index contributed by atoms with van der Waals surface area (Å²) in [7, 11) is 0. The topological polar surface area (TPSA) is 20.2 Å². The molecule has 1 nitrogen and oxygen atoms in total. The number of benzene rings is 1. The second-order valence-electron chi connectivity index (χ2n) is 3.78. The summed E-state index contributed by atoms with van der Waals surface area (Å²) in [4.78, 5) is 0. The predicted octanol–water partition coefficient (Wildman–Crippen LogP) is 3.62. The average molecular weight is 231 g/mol. The van der Waals surface area contributed by atoms with Crippen LogP contribution in [0.3, 0.4) is 0 Å². The van der Waals surface area contributed by atoms with E-state index in [0.717, 1.165) is 24.8 Å². The SMILES string of the molecule is OC1CCCC1c1ccc(Cl)c(Cl)c1. The Hall–Kier alpha value is -0.240. The Balaban J connectivity index is 2.28. The van der Waals surface area contributed by atoms with Gasteiger partial charge in [-0.2, -0.15) is 0 Å². The van der Waals surface area contributed by atoms with Gasteiger partial charge < -0.3 is 5.11 Å². The van der Waals surface area contributed by atoms with Crippen LogP contribution in [0.1, 0.15) is 30.7 Å². The van der Waals surface area contributed by atoms with E-state index in [4.69, 9.17) is 23.2 Å². The van der Waals surface area contributed by atoms with Gasteiger partial charge in [0.05, 0.1) is 16.1 Å². The molecule has 3 heteroatoms. The largest absolute Gasteiger partial charge is 0.392 e. The Morgan fingerprint density at radius 1 is 1.14 bits per heavy atom. The molecule has 1 fully saturated rings. The Labute approximate surface area is 93.7 Å². The predicted molar refractivity (Wildman–Crippen MR) is 59.1 cm³/mol. The maximum atomic E-state index is 9.73. The zero-order chi connectivity index (χ0) is 10.1. The zero-order valence-corrected chi connectivity index (χ0v) is 9.22. The third kappa shape index (κ3) is 1.90. The maximum absolute atomic E-state index is 9.73. The van der Waals surface area contributed by atoms with Gasteiger partial charge in [-0.25, -0.2) is 0 Å². The lowest BCUT2D eigenvalue weighted by Crippen LogP contribution is -2.10. The summed E-state index contributed by atoms with van der Waals surface area (Å²) in [5.74, 6) is 0.241. The van der Waals surface area contributed by atoms with Gasteiger partial charge in [0.15, 0.2) is 0 Å². The van der Waals surface area contributed by atoms with Crippen molar-refractivity contribution in [2.75, 3.05) is 0 Å². The smallest absolute Gasteiger partial charge is 0.0608 e. The highest BCUT2D eigenvalue weighted by Crippen LogP contribution is 2.36. The highest BCUT2D eigenvalue weighted by Gasteiger charge is 2.26. The molecule has 1 aliphatic rings.